The molecule has 1 saturated carbocycles. The molecular weight excluding hydrogens is 354 g/mol. The van der Waals surface area contributed by atoms with Crippen molar-refractivity contribution in [1.82, 2.24) is 4.90 Å². The molecule has 0 unspecified atom stereocenters. The Morgan fingerprint density at radius 1 is 1.07 bits per heavy atom. The van der Waals surface area contributed by atoms with Gasteiger partial charge in [0, 0.05) is 24.7 Å². The van der Waals surface area contributed by atoms with Crippen LogP contribution < -0.4 is 4.74 Å². The summed E-state index contributed by atoms with van der Waals surface area (Å²) in [5, 5.41) is 22.1. The van der Waals surface area contributed by atoms with Gasteiger partial charge in [0.05, 0.1) is 28.6 Å². The number of hydrogen-bond donors (Lipinski definition) is 0. The molecule has 1 aliphatic rings. The normalized spacial score (nSPS) is 13.1. The van der Waals surface area contributed by atoms with Crippen LogP contribution in [0.15, 0.2) is 42.5 Å². The fourth-order valence-corrected chi connectivity index (χ4v) is 2.78. The van der Waals surface area contributed by atoms with Gasteiger partial charge < -0.3 is 9.64 Å². The van der Waals surface area contributed by atoms with Crippen LogP contribution in [0.3, 0.4) is 0 Å². The first-order chi connectivity index (χ1) is 12.9. The monoisotopic (exact) mass is 371 g/mol. The fourth-order valence-electron chi connectivity index (χ4n) is 2.78. The van der Waals surface area contributed by atoms with Crippen molar-refractivity contribution in [2.75, 3.05) is 7.11 Å². The summed E-state index contributed by atoms with van der Waals surface area (Å²) in [4.78, 5) is 35.2. The van der Waals surface area contributed by atoms with Gasteiger partial charge in [-0.05, 0) is 30.5 Å². The molecule has 9 nitrogen and oxygen atoms in total. The molecule has 1 amide bonds. The Morgan fingerprint density at radius 2 is 1.63 bits per heavy atom. The van der Waals surface area contributed by atoms with Gasteiger partial charge in [0.1, 0.15) is 5.75 Å². The van der Waals surface area contributed by atoms with Crippen molar-refractivity contribution in [2.45, 2.75) is 25.4 Å². The van der Waals surface area contributed by atoms with E-state index < -0.39 is 27.1 Å². The van der Waals surface area contributed by atoms with Gasteiger partial charge in [-0.25, -0.2) is 0 Å². The lowest BCUT2D eigenvalue weighted by atomic mass is 10.1. The number of carbonyl (C=O) groups is 1. The number of non-ortho nitro benzene ring substituents is 2. The third-order valence-corrected chi connectivity index (χ3v) is 4.33. The van der Waals surface area contributed by atoms with E-state index in [1.165, 1.54) is 0 Å². The highest BCUT2D eigenvalue weighted by molar-refractivity contribution is 5.96. The lowest BCUT2D eigenvalue weighted by Crippen LogP contribution is -2.32. The summed E-state index contributed by atoms with van der Waals surface area (Å²) in [6.45, 7) is 0.310. The number of amides is 1. The van der Waals surface area contributed by atoms with Crippen LogP contribution >= 0.6 is 0 Å². The zero-order valence-electron chi connectivity index (χ0n) is 14.5. The highest BCUT2D eigenvalue weighted by Crippen LogP contribution is 2.32. The first kappa shape index (κ1) is 18.3. The van der Waals surface area contributed by atoms with Crippen LogP contribution in [0.25, 0.3) is 0 Å². The van der Waals surface area contributed by atoms with Gasteiger partial charge in [-0.3, -0.25) is 25.0 Å². The van der Waals surface area contributed by atoms with Gasteiger partial charge in [0.15, 0.2) is 0 Å². The zero-order chi connectivity index (χ0) is 19.6. The maximum atomic E-state index is 13.0. The topological polar surface area (TPSA) is 116 Å². The lowest BCUT2D eigenvalue weighted by Gasteiger charge is -2.22. The molecular formula is C18H17N3O6. The summed E-state index contributed by atoms with van der Waals surface area (Å²) in [5.74, 6) is 0.234. The van der Waals surface area contributed by atoms with Gasteiger partial charge in [0.2, 0.25) is 0 Å². The molecule has 3 rings (SSSR count). The Bertz CT molecular complexity index is 860. The molecule has 9 heteroatoms. The van der Waals surface area contributed by atoms with E-state index in [-0.39, 0.29) is 11.6 Å². The maximum Gasteiger partial charge on any atom is 0.277 e. The molecule has 0 saturated heterocycles. The van der Waals surface area contributed by atoms with Crippen molar-refractivity contribution in [1.29, 1.82) is 0 Å². The van der Waals surface area contributed by atoms with Crippen molar-refractivity contribution >= 4 is 17.3 Å². The minimum atomic E-state index is -0.741. The highest BCUT2D eigenvalue weighted by atomic mass is 16.6. The molecule has 2 aromatic carbocycles. The first-order valence-corrected chi connectivity index (χ1v) is 8.27. The molecule has 0 aromatic heterocycles. The van der Waals surface area contributed by atoms with E-state index >= 15 is 0 Å². The molecule has 0 spiro atoms. The SMILES string of the molecule is COc1ccc(CN(C(=O)c2cc([N+](=O)[O-])cc([N+](=O)[O-])c2)C2CC2)cc1. The molecule has 1 fully saturated rings. The Labute approximate surface area is 154 Å². The van der Waals surface area contributed by atoms with Crippen molar-refractivity contribution < 1.29 is 19.4 Å². The zero-order valence-corrected chi connectivity index (χ0v) is 14.5. The second-order valence-corrected chi connectivity index (χ2v) is 6.26. The van der Waals surface area contributed by atoms with Gasteiger partial charge >= 0.3 is 0 Å². The summed E-state index contributed by atoms with van der Waals surface area (Å²) < 4.78 is 5.11. The number of rotatable bonds is 7. The molecule has 0 atom stereocenters. The van der Waals surface area contributed by atoms with Crippen LogP contribution in [-0.2, 0) is 6.54 Å². The fraction of sp³-hybridized carbons (Fsp3) is 0.278. The predicted octanol–water partition coefficient (Wildman–Crippen LogP) is 3.32. The van der Waals surface area contributed by atoms with Crippen LogP contribution in [0.1, 0.15) is 28.8 Å². The third-order valence-electron chi connectivity index (χ3n) is 4.33. The molecule has 1 aliphatic carbocycles. The minimum absolute atomic E-state index is 0.0259. The number of nitrogens with zero attached hydrogens (tertiary/aromatic N) is 3. The van der Waals surface area contributed by atoms with Gasteiger partial charge in [-0.15, -0.1) is 0 Å². The summed E-state index contributed by atoms with van der Waals surface area (Å²) in [7, 11) is 1.56. The highest BCUT2D eigenvalue weighted by Gasteiger charge is 2.34. The number of carbonyl (C=O) groups excluding carboxylic acids is 1. The molecule has 0 bridgehead atoms. The van der Waals surface area contributed by atoms with Gasteiger partial charge in [-0.2, -0.15) is 0 Å². The number of benzene rings is 2. The number of methoxy groups -OCH3 is 1. The smallest absolute Gasteiger partial charge is 0.277 e. The Morgan fingerprint density at radius 3 is 2.07 bits per heavy atom. The van der Waals surface area contributed by atoms with Crippen molar-refractivity contribution in [3.63, 3.8) is 0 Å². The van der Waals surface area contributed by atoms with Crippen LogP contribution in [0, 0.1) is 20.2 Å². The van der Waals surface area contributed by atoms with Crippen LogP contribution in [0.4, 0.5) is 11.4 Å². The number of ether oxygens (including phenoxy) is 1. The number of hydrogen-bond acceptors (Lipinski definition) is 6. The van der Waals surface area contributed by atoms with E-state index in [1.54, 1.807) is 24.1 Å². The number of nitro benzene ring substituents is 2. The van der Waals surface area contributed by atoms with Crippen LogP contribution in [-0.4, -0.2) is 33.8 Å². The summed E-state index contributed by atoms with van der Waals surface area (Å²) in [5.41, 5.74) is -0.146. The Balaban J connectivity index is 1.90. The summed E-state index contributed by atoms with van der Waals surface area (Å²) in [6, 6.07) is 10.3. The van der Waals surface area contributed by atoms with E-state index in [0.29, 0.717) is 12.3 Å². The lowest BCUT2D eigenvalue weighted by molar-refractivity contribution is -0.394. The van der Waals surface area contributed by atoms with Gasteiger partial charge in [-0.1, -0.05) is 12.1 Å². The van der Waals surface area contributed by atoms with E-state index in [4.69, 9.17) is 4.74 Å². The number of nitro groups is 2. The van der Waals surface area contributed by atoms with Crippen LogP contribution in [0.2, 0.25) is 0 Å². The molecule has 140 valence electrons. The average Bonchev–Trinajstić information content (AvgIpc) is 3.50. The summed E-state index contributed by atoms with van der Waals surface area (Å²) in [6.07, 6.45) is 1.66. The molecule has 0 aliphatic heterocycles. The molecule has 2 aromatic rings. The standard InChI is InChI=1S/C18H17N3O6/c1-27-17-6-2-12(3-7-17)11-19(14-4-5-14)18(22)13-8-15(20(23)24)10-16(9-13)21(25)26/h2-3,6-10,14H,4-5,11H2,1H3. The maximum absolute atomic E-state index is 13.0. The van der Waals surface area contributed by atoms with Crippen molar-refractivity contribution in [3.8, 4) is 5.75 Å². The van der Waals surface area contributed by atoms with E-state index in [2.05, 4.69) is 0 Å². The predicted molar refractivity (Wildman–Crippen MR) is 95.6 cm³/mol. The van der Waals surface area contributed by atoms with Crippen molar-refractivity contribution in [2.24, 2.45) is 0 Å². The van der Waals surface area contributed by atoms with E-state index in [1.807, 2.05) is 12.1 Å². The second kappa shape index (κ2) is 7.40. The largest absolute Gasteiger partial charge is 0.497 e. The first-order valence-electron chi connectivity index (χ1n) is 8.27. The van der Waals surface area contributed by atoms with Crippen molar-refractivity contribution in [3.05, 3.63) is 73.8 Å². The van der Waals surface area contributed by atoms with E-state index in [9.17, 15) is 25.0 Å². The molecule has 0 heterocycles. The molecule has 0 N–H and O–H groups in total. The second-order valence-electron chi connectivity index (χ2n) is 6.26. The average molecular weight is 371 g/mol. The van der Waals surface area contributed by atoms with Gasteiger partial charge in [0.25, 0.3) is 17.3 Å². The molecule has 0 radical (unpaired) electrons. The van der Waals surface area contributed by atoms with E-state index in [0.717, 1.165) is 36.6 Å². The Kier molecular flexibility index (Phi) is 5.02. The minimum Gasteiger partial charge on any atom is -0.497 e. The quantitative estimate of drug-likeness (QED) is 0.544. The third kappa shape index (κ3) is 4.20. The Hall–Kier alpha value is -3.49. The molecule has 27 heavy (non-hydrogen) atoms. The van der Waals surface area contributed by atoms with Crippen LogP contribution in [0.5, 0.6) is 5.75 Å². The summed E-state index contributed by atoms with van der Waals surface area (Å²) >= 11 is 0.